The molecule has 0 aliphatic heterocycles. The third-order valence-corrected chi connectivity index (χ3v) is 3.17. The molecule has 2 N–H and O–H groups in total. The molecule has 0 aromatic carbocycles. The highest BCUT2D eigenvalue weighted by atomic mass is 32.2. The van der Waals surface area contributed by atoms with Crippen molar-refractivity contribution in [1.29, 1.82) is 5.26 Å². The molecule has 0 spiro atoms. The van der Waals surface area contributed by atoms with Gasteiger partial charge in [0.1, 0.15) is 5.82 Å². The Morgan fingerprint density at radius 2 is 2.50 bits per heavy atom. The molecule has 0 aliphatic rings. The summed E-state index contributed by atoms with van der Waals surface area (Å²) in [5, 5.41) is 8.28. The van der Waals surface area contributed by atoms with Crippen LogP contribution in [-0.2, 0) is 0 Å². The monoisotopic (exact) mass is 197 g/mol. The summed E-state index contributed by atoms with van der Waals surface area (Å²) in [7, 11) is 0. The van der Waals surface area contributed by atoms with Gasteiger partial charge in [-0.05, 0) is 12.3 Å². The summed E-state index contributed by atoms with van der Waals surface area (Å²) in [5.74, 6) is 0.496. The summed E-state index contributed by atoms with van der Waals surface area (Å²) in [6.07, 6.45) is 5.01. The number of nitrogen functional groups attached to an aromatic ring is 1. The van der Waals surface area contributed by atoms with E-state index >= 15 is 0 Å². The van der Waals surface area contributed by atoms with Crippen molar-refractivity contribution in [2.75, 3.05) is 12.0 Å². The first kappa shape index (κ1) is 9.10. The molecule has 62 valence electrons. The van der Waals surface area contributed by atoms with E-state index in [1.807, 2.05) is 12.3 Å². The van der Waals surface area contributed by atoms with Crippen molar-refractivity contribution in [3.05, 3.63) is 11.0 Å². The number of nitriles is 1. The van der Waals surface area contributed by atoms with Crippen LogP contribution in [0.2, 0.25) is 0 Å². The molecule has 5 heteroatoms. The fraction of sp³-hybridized carbons (Fsp3) is 0.143. The second kappa shape index (κ2) is 4.14. The van der Waals surface area contributed by atoms with E-state index in [1.165, 1.54) is 17.4 Å². The smallest absolute Gasteiger partial charge is 0.152 e. The number of allylic oxidation sites excluding steroid dienone is 1. The minimum Gasteiger partial charge on any atom is -0.382 e. The zero-order chi connectivity index (χ0) is 8.97. The van der Waals surface area contributed by atoms with Crippen LogP contribution >= 0.6 is 23.1 Å². The standard InChI is InChI=1S/C7H7N3S2/c1-11-7-10-6(9)5(12-7)3-2-4-8/h2-3H,9H2,1H3/b3-2+. The van der Waals surface area contributed by atoms with Gasteiger partial charge < -0.3 is 5.73 Å². The van der Waals surface area contributed by atoms with Crippen molar-refractivity contribution in [3.63, 3.8) is 0 Å². The lowest BCUT2D eigenvalue weighted by Crippen LogP contribution is -1.85. The molecule has 0 saturated heterocycles. The number of hydrogen-bond donors (Lipinski definition) is 1. The average Bonchev–Trinajstić information content (AvgIpc) is 2.43. The van der Waals surface area contributed by atoms with Crippen LogP contribution in [-0.4, -0.2) is 11.2 Å². The zero-order valence-corrected chi connectivity index (χ0v) is 8.08. The first-order chi connectivity index (χ1) is 5.77. The van der Waals surface area contributed by atoms with E-state index < -0.39 is 0 Å². The highest BCUT2D eigenvalue weighted by molar-refractivity contribution is 8.00. The molecule has 1 aromatic heterocycles. The molecule has 1 aromatic rings. The number of anilines is 1. The molecule has 1 rings (SSSR count). The minimum absolute atomic E-state index is 0.496. The van der Waals surface area contributed by atoms with Gasteiger partial charge in [-0.1, -0.05) is 11.8 Å². The van der Waals surface area contributed by atoms with E-state index in [9.17, 15) is 0 Å². The first-order valence-corrected chi connectivity index (χ1v) is 5.18. The van der Waals surface area contributed by atoms with E-state index in [0.717, 1.165) is 9.22 Å². The highest BCUT2D eigenvalue weighted by Gasteiger charge is 2.03. The normalized spacial score (nSPS) is 10.3. The Bertz CT molecular complexity index is 335. The Kier molecular flexibility index (Phi) is 3.14. The van der Waals surface area contributed by atoms with Crippen molar-refractivity contribution >= 4 is 35.0 Å². The van der Waals surface area contributed by atoms with Crippen molar-refractivity contribution in [2.45, 2.75) is 4.34 Å². The molecule has 12 heavy (non-hydrogen) atoms. The van der Waals surface area contributed by atoms with Crippen molar-refractivity contribution in [2.24, 2.45) is 0 Å². The topological polar surface area (TPSA) is 62.7 Å². The Hall–Kier alpha value is -0.990. The molecule has 0 fully saturated rings. The van der Waals surface area contributed by atoms with E-state index in [1.54, 1.807) is 17.8 Å². The van der Waals surface area contributed by atoms with Gasteiger partial charge in [0.2, 0.25) is 0 Å². The lowest BCUT2D eigenvalue weighted by molar-refractivity contribution is 1.26. The lowest BCUT2D eigenvalue weighted by Gasteiger charge is -1.82. The second-order valence-corrected chi connectivity index (χ2v) is 3.98. The van der Waals surface area contributed by atoms with E-state index in [2.05, 4.69) is 4.98 Å². The number of rotatable bonds is 2. The second-order valence-electron chi connectivity index (χ2n) is 1.90. The predicted molar refractivity (Wildman–Crippen MR) is 53.0 cm³/mol. The van der Waals surface area contributed by atoms with Gasteiger partial charge in [0, 0.05) is 6.08 Å². The predicted octanol–water partition coefficient (Wildman–Crippen LogP) is 1.98. The zero-order valence-electron chi connectivity index (χ0n) is 6.44. The fourth-order valence-corrected chi connectivity index (χ4v) is 2.05. The molecular formula is C7H7N3S2. The molecule has 0 bridgehead atoms. The summed E-state index contributed by atoms with van der Waals surface area (Å²) in [4.78, 5) is 4.93. The number of hydrogen-bond acceptors (Lipinski definition) is 5. The van der Waals surface area contributed by atoms with Crippen molar-refractivity contribution in [3.8, 4) is 6.07 Å². The molecule has 3 nitrogen and oxygen atoms in total. The molecule has 0 unspecified atom stereocenters. The molecule has 0 atom stereocenters. The van der Waals surface area contributed by atoms with Gasteiger partial charge in [-0.15, -0.1) is 11.3 Å². The largest absolute Gasteiger partial charge is 0.382 e. The maximum atomic E-state index is 8.28. The van der Waals surface area contributed by atoms with Crippen LogP contribution in [0.25, 0.3) is 6.08 Å². The summed E-state index contributed by atoms with van der Waals surface area (Å²) >= 11 is 3.04. The molecule has 0 saturated carbocycles. The van der Waals surface area contributed by atoms with Gasteiger partial charge in [-0.3, -0.25) is 0 Å². The molecule has 0 radical (unpaired) electrons. The van der Waals surface area contributed by atoms with Crippen molar-refractivity contribution < 1.29 is 0 Å². The van der Waals surface area contributed by atoms with Gasteiger partial charge >= 0.3 is 0 Å². The third kappa shape index (κ3) is 2.00. The van der Waals surface area contributed by atoms with Crippen LogP contribution < -0.4 is 5.73 Å². The quantitative estimate of drug-likeness (QED) is 0.581. The summed E-state index contributed by atoms with van der Waals surface area (Å²) < 4.78 is 0.921. The number of thioether (sulfide) groups is 1. The summed E-state index contributed by atoms with van der Waals surface area (Å²) in [6, 6.07) is 1.91. The van der Waals surface area contributed by atoms with Crippen LogP contribution in [0, 0.1) is 11.3 Å². The Labute approximate surface area is 78.9 Å². The van der Waals surface area contributed by atoms with Gasteiger partial charge in [0.25, 0.3) is 0 Å². The summed E-state index contributed by atoms with van der Waals surface area (Å²) in [6.45, 7) is 0. The fourth-order valence-electron chi connectivity index (χ4n) is 0.642. The van der Waals surface area contributed by atoms with Crippen molar-refractivity contribution in [1.82, 2.24) is 4.98 Å². The number of nitrogens with zero attached hydrogens (tertiary/aromatic N) is 2. The third-order valence-electron chi connectivity index (χ3n) is 1.15. The summed E-state index contributed by atoms with van der Waals surface area (Å²) in [5.41, 5.74) is 5.58. The van der Waals surface area contributed by atoms with Crippen LogP contribution in [0.15, 0.2) is 10.4 Å². The van der Waals surface area contributed by atoms with Crippen LogP contribution in [0.5, 0.6) is 0 Å². The number of nitrogens with two attached hydrogens (primary N) is 1. The van der Waals surface area contributed by atoms with E-state index in [0.29, 0.717) is 5.82 Å². The van der Waals surface area contributed by atoms with Crippen LogP contribution in [0.3, 0.4) is 0 Å². The number of thiazole rings is 1. The van der Waals surface area contributed by atoms with Gasteiger partial charge in [0.15, 0.2) is 4.34 Å². The molecule has 1 heterocycles. The maximum absolute atomic E-state index is 8.28. The molecular weight excluding hydrogens is 190 g/mol. The lowest BCUT2D eigenvalue weighted by atomic mass is 10.4. The maximum Gasteiger partial charge on any atom is 0.152 e. The number of aromatic nitrogens is 1. The van der Waals surface area contributed by atoms with E-state index in [4.69, 9.17) is 11.0 Å². The van der Waals surface area contributed by atoms with Crippen LogP contribution in [0.1, 0.15) is 4.88 Å². The first-order valence-electron chi connectivity index (χ1n) is 3.14. The molecule has 0 amide bonds. The van der Waals surface area contributed by atoms with Gasteiger partial charge in [0.05, 0.1) is 10.9 Å². The molecule has 0 aliphatic carbocycles. The Balaban J connectivity index is 2.93. The highest BCUT2D eigenvalue weighted by Crippen LogP contribution is 2.27. The van der Waals surface area contributed by atoms with Gasteiger partial charge in [-0.25, -0.2) is 4.98 Å². The Morgan fingerprint density at radius 1 is 1.75 bits per heavy atom. The Morgan fingerprint density at radius 3 is 3.00 bits per heavy atom. The van der Waals surface area contributed by atoms with Gasteiger partial charge in [-0.2, -0.15) is 5.26 Å². The average molecular weight is 197 g/mol. The van der Waals surface area contributed by atoms with Crippen LogP contribution in [0.4, 0.5) is 5.82 Å². The minimum atomic E-state index is 0.496. The van der Waals surface area contributed by atoms with E-state index in [-0.39, 0.29) is 0 Å². The SMILES string of the molecule is CSc1nc(N)c(/C=C/C#N)s1.